The summed E-state index contributed by atoms with van der Waals surface area (Å²) >= 11 is 0. The summed E-state index contributed by atoms with van der Waals surface area (Å²) in [5.41, 5.74) is -0.661. The Morgan fingerprint density at radius 2 is 1.71 bits per heavy atom. The quantitative estimate of drug-likeness (QED) is 0.785. The highest BCUT2D eigenvalue weighted by Crippen LogP contribution is 2.18. The molecule has 0 aliphatic rings. The van der Waals surface area contributed by atoms with Crippen molar-refractivity contribution in [1.29, 1.82) is 0 Å². The van der Waals surface area contributed by atoms with Crippen LogP contribution in [0.5, 0.6) is 0 Å². The summed E-state index contributed by atoms with van der Waals surface area (Å²) in [4.78, 5) is 21.5. The maximum absolute atomic E-state index is 11.8. The Bertz CT molecular complexity index is 282. The van der Waals surface area contributed by atoms with Gasteiger partial charge in [0.1, 0.15) is 5.60 Å². The molecule has 100 valence electrons. The average Bonchev–Trinajstić information content (AvgIpc) is 2.07. The molecule has 0 unspecified atom stereocenters. The summed E-state index contributed by atoms with van der Waals surface area (Å²) in [5, 5.41) is 2.27. The number of Topliss-reactive ketones (excluding diaryl/α,β-unsaturated/α-hetero) is 1. The monoisotopic (exact) mass is 255 g/mol. The molecule has 1 N–H and O–H groups in total. The maximum Gasteiger partial charge on any atom is 0.449 e. The van der Waals surface area contributed by atoms with E-state index in [0.29, 0.717) is 0 Å². The molecule has 17 heavy (non-hydrogen) atoms. The first kappa shape index (κ1) is 15.7. The van der Waals surface area contributed by atoms with Gasteiger partial charge in [-0.1, -0.05) is 0 Å². The van der Waals surface area contributed by atoms with E-state index < -0.39 is 30.1 Å². The van der Waals surface area contributed by atoms with Crippen molar-refractivity contribution in [1.82, 2.24) is 5.32 Å². The smallest absolute Gasteiger partial charge is 0.444 e. The van der Waals surface area contributed by atoms with Gasteiger partial charge in [-0.3, -0.25) is 4.79 Å². The van der Waals surface area contributed by atoms with Gasteiger partial charge in [0.25, 0.3) is 0 Å². The van der Waals surface area contributed by atoms with Crippen molar-refractivity contribution in [3.63, 3.8) is 0 Å². The van der Waals surface area contributed by atoms with Crippen LogP contribution in [0.4, 0.5) is 18.0 Å². The van der Waals surface area contributed by atoms with Crippen LogP contribution in [0.2, 0.25) is 0 Å². The van der Waals surface area contributed by atoms with Gasteiger partial charge in [0.15, 0.2) is 0 Å². The lowest BCUT2D eigenvalue weighted by Gasteiger charge is -2.19. The third-order valence-corrected chi connectivity index (χ3v) is 1.57. The zero-order valence-corrected chi connectivity index (χ0v) is 9.98. The number of halogens is 3. The molecule has 0 saturated heterocycles. The van der Waals surface area contributed by atoms with Crippen LogP contribution in [0.15, 0.2) is 0 Å². The van der Waals surface area contributed by atoms with E-state index in [2.05, 4.69) is 5.32 Å². The molecule has 0 aromatic rings. The van der Waals surface area contributed by atoms with Crippen LogP contribution in [0.3, 0.4) is 0 Å². The van der Waals surface area contributed by atoms with Crippen molar-refractivity contribution in [2.24, 2.45) is 0 Å². The van der Waals surface area contributed by atoms with Crippen LogP contribution >= 0.6 is 0 Å². The fourth-order valence-corrected chi connectivity index (χ4v) is 0.895. The number of carbonyl (C=O) groups excluding carboxylic acids is 2. The van der Waals surface area contributed by atoms with Crippen molar-refractivity contribution in [3.8, 4) is 0 Å². The molecular weight excluding hydrogens is 239 g/mol. The number of alkyl carbamates (subject to hydrolysis) is 1. The number of ketones is 1. The second-order valence-corrected chi connectivity index (χ2v) is 4.45. The second-order valence-electron chi connectivity index (χ2n) is 4.45. The zero-order valence-electron chi connectivity index (χ0n) is 9.98. The highest BCUT2D eigenvalue weighted by Gasteiger charge is 2.37. The average molecular weight is 255 g/mol. The van der Waals surface area contributed by atoms with Gasteiger partial charge >= 0.3 is 12.3 Å². The lowest BCUT2D eigenvalue weighted by Crippen LogP contribution is -2.33. The lowest BCUT2D eigenvalue weighted by molar-refractivity contribution is -0.171. The molecule has 0 aliphatic carbocycles. The largest absolute Gasteiger partial charge is 0.449 e. The van der Waals surface area contributed by atoms with Gasteiger partial charge in [-0.05, 0) is 27.2 Å². The topological polar surface area (TPSA) is 55.4 Å². The molecular formula is C10H16F3NO3. The van der Waals surface area contributed by atoms with Crippen LogP contribution in [0.25, 0.3) is 0 Å². The van der Waals surface area contributed by atoms with Crippen LogP contribution in [-0.2, 0) is 9.53 Å². The van der Waals surface area contributed by atoms with E-state index in [-0.39, 0.29) is 13.0 Å². The van der Waals surface area contributed by atoms with Crippen LogP contribution in [0.1, 0.15) is 33.6 Å². The summed E-state index contributed by atoms with van der Waals surface area (Å²) in [6.07, 6.45) is -6.22. The Balaban J connectivity index is 3.73. The summed E-state index contributed by atoms with van der Waals surface area (Å²) in [6, 6.07) is 0. The SMILES string of the molecule is CC(C)(C)OC(=O)NCCCC(=O)C(F)(F)F. The molecule has 4 nitrogen and oxygen atoms in total. The Morgan fingerprint density at radius 3 is 2.12 bits per heavy atom. The van der Waals surface area contributed by atoms with Gasteiger partial charge in [0, 0.05) is 13.0 Å². The maximum atomic E-state index is 11.8. The Morgan fingerprint density at radius 1 is 1.18 bits per heavy atom. The third kappa shape index (κ3) is 8.53. The van der Waals surface area contributed by atoms with Crippen LogP contribution < -0.4 is 5.32 Å². The number of alkyl halides is 3. The predicted molar refractivity (Wildman–Crippen MR) is 54.5 cm³/mol. The summed E-state index contributed by atoms with van der Waals surface area (Å²) in [7, 11) is 0. The van der Waals surface area contributed by atoms with Gasteiger partial charge < -0.3 is 10.1 Å². The van der Waals surface area contributed by atoms with E-state index in [4.69, 9.17) is 4.74 Å². The van der Waals surface area contributed by atoms with E-state index in [1.165, 1.54) is 0 Å². The molecule has 7 heteroatoms. The molecule has 1 amide bonds. The first-order chi connectivity index (χ1) is 7.52. The van der Waals surface area contributed by atoms with E-state index in [0.717, 1.165) is 0 Å². The number of ether oxygens (including phenoxy) is 1. The molecule has 0 aromatic heterocycles. The highest BCUT2D eigenvalue weighted by molar-refractivity contribution is 5.83. The highest BCUT2D eigenvalue weighted by atomic mass is 19.4. The minimum absolute atomic E-state index is 0.0310. The first-order valence-electron chi connectivity index (χ1n) is 5.09. The molecule has 0 aliphatic heterocycles. The molecule has 0 spiro atoms. The molecule has 0 fully saturated rings. The fourth-order valence-electron chi connectivity index (χ4n) is 0.895. The van der Waals surface area contributed by atoms with Crippen molar-refractivity contribution in [2.75, 3.05) is 6.54 Å². The molecule has 0 radical (unpaired) electrons. The van der Waals surface area contributed by atoms with E-state index in [9.17, 15) is 22.8 Å². The molecule has 0 saturated carbocycles. The van der Waals surface area contributed by atoms with Gasteiger partial charge in [0.05, 0.1) is 0 Å². The number of nitrogens with one attached hydrogen (secondary N) is 1. The molecule has 0 rings (SSSR count). The molecule has 0 aromatic carbocycles. The lowest BCUT2D eigenvalue weighted by atomic mass is 10.2. The molecule has 0 atom stereocenters. The number of carbonyl (C=O) groups is 2. The van der Waals surface area contributed by atoms with Gasteiger partial charge in [-0.15, -0.1) is 0 Å². The first-order valence-corrected chi connectivity index (χ1v) is 5.09. The minimum Gasteiger partial charge on any atom is -0.444 e. The minimum atomic E-state index is -4.80. The zero-order chi connectivity index (χ0) is 13.7. The Labute approximate surface area is 97.5 Å². The van der Waals surface area contributed by atoms with Crippen LogP contribution in [0, 0.1) is 0 Å². The van der Waals surface area contributed by atoms with E-state index in [1.807, 2.05) is 0 Å². The van der Waals surface area contributed by atoms with Crippen LogP contribution in [-0.4, -0.2) is 30.2 Å². The molecule has 0 bridgehead atoms. The van der Waals surface area contributed by atoms with E-state index in [1.54, 1.807) is 20.8 Å². The predicted octanol–water partition coefficient (Wildman–Crippen LogP) is 2.42. The fraction of sp³-hybridized carbons (Fsp3) is 0.800. The second kappa shape index (κ2) is 5.88. The van der Waals surface area contributed by atoms with Crippen molar-refractivity contribution < 1.29 is 27.5 Å². The van der Waals surface area contributed by atoms with Crippen molar-refractivity contribution in [3.05, 3.63) is 0 Å². The summed E-state index contributed by atoms with van der Waals surface area (Å²) in [6.45, 7) is 4.97. The summed E-state index contributed by atoms with van der Waals surface area (Å²) < 4.78 is 40.2. The third-order valence-electron chi connectivity index (χ3n) is 1.57. The number of hydrogen-bond acceptors (Lipinski definition) is 3. The Hall–Kier alpha value is -1.27. The number of hydrogen-bond donors (Lipinski definition) is 1. The van der Waals surface area contributed by atoms with Crippen molar-refractivity contribution in [2.45, 2.75) is 45.4 Å². The normalized spacial score (nSPS) is 12.1. The van der Waals surface area contributed by atoms with Gasteiger partial charge in [0.2, 0.25) is 5.78 Å². The van der Waals surface area contributed by atoms with Gasteiger partial charge in [-0.2, -0.15) is 13.2 Å². The number of amides is 1. The van der Waals surface area contributed by atoms with E-state index >= 15 is 0 Å². The van der Waals surface area contributed by atoms with Crippen molar-refractivity contribution >= 4 is 11.9 Å². The Kier molecular flexibility index (Phi) is 5.44. The number of rotatable bonds is 4. The van der Waals surface area contributed by atoms with Gasteiger partial charge in [-0.25, -0.2) is 4.79 Å². The molecule has 0 heterocycles. The summed E-state index contributed by atoms with van der Waals surface area (Å²) in [5.74, 6) is -1.79. The standard InChI is InChI=1S/C10H16F3NO3/c1-9(2,3)17-8(16)14-6-4-5-7(15)10(11,12)13/h4-6H2,1-3H3,(H,14,16).